The molecule has 0 saturated carbocycles. The van der Waals surface area contributed by atoms with Crippen LogP contribution in [0.1, 0.15) is 70.7 Å². The van der Waals surface area contributed by atoms with E-state index in [0.717, 1.165) is 18.4 Å². The Morgan fingerprint density at radius 2 is 1.68 bits per heavy atom. The zero-order valence-corrected chi connectivity index (χ0v) is 24.1. The second-order valence-electron chi connectivity index (χ2n) is 11.3. The molecule has 2 unspecified atom stereocenters. The van der Waals surface area contributed by atoms with E-state index in [-0.39, 0.29) is 17.2 Å². The number of carbonyl (C=O) groups excluding carboxylic acids is 2. The topological polar surface area (TPSA) is 61.4 Å². The standard InChI is InChI=1S/C30H43ClFN3O2/c1-20(2)22(4)33-16-17-34-29(37)28(24-9-11-25(32)12-10-24)35(27(36)19-31)26-13-8-23(18-21(26)3)14-15-30(5,6)7/h8-13,18,20,22,28,33H,14-17,19H2,1-7H3,(H,34,37). The summed E-state index contributed by atoms with van der Waals surface area (Å²) in [6.07, 6.45) is 1.94. The highest BCUT2D eigenvalue weighted by atomic mass is 35.5. The van der Waals surface area contributed by atoms with Crippen LogP contribution in [-0.2, 0) is 16.0 Å². The molecule has 0 bridgehead atoms. The van der Waals surface area contributed by atoms with Gasteiger partial charge >= 0.3 is 0 Å². The minimum absolute atomic E-state index is 0.209. The van der Waals surface area contributed by atoms with Gasteiger partial charge < -0.3 is 10.6 Å². The molecule has 0 radical (unpaired) electrons. The molecule has 5 nitrogen and oxygen atoms in total. The van der Waals surface area contributed by atoms with E-state index in [1.807, 2.05) is 19.1 Å². The molecule has 2 rings (SSSR count). The van der Waals surface area contributed by atoms with Gasteiger partial charge in [-0.1, -0.05) is 58.9 Å². The van der Waals surface area contributed by atoms with Gasteiger partial charge in [-0.15, -0.1) is 11.6 Å². The molecule has 7 heteroatoms. The summed E-state index contributed by atoms with van der Waals surface area (Å²) >= 11 is 6.04. The molecule has 2 atom stereocenters. The summed E-state index contributed by atoms with van der Waals surface area (Å²) in [5.41, 5.74) is 3.37. The molecular formula is C30H43ClFN3O2. The largest absolute Gasteiger partial charge is 0.353 e. The lowest BCUT2D eigenvalue weighted by Gasteiger charge is -2.32. The third-order valence-corrected chi connectivity index (χ3v) is 6.88. The van der Waals surface area contributed by atoms with Crippen molar-refractivity contribution in [1.29, 1.82) is 0 Å². The average molecular weight is 532 g/mol. The SMILES string of the molecule is Cc1cc(CCC(C)(C)C)ccc1N(C(=O)CCl)C(C(=O)NCCNC(C)C(C)C)c1ccc(F)cc1. The van der Waals surface area contributed by atoms with E-state index in [0.29, 0.717) is 36.3 Å². The quantitative estimate of drug-likeness (QED) is 0.254. The monoisotopic (exact) mass is 531 g/mol. The van der Waals surface area contributed by atoms with Crippen LogP contribution in [0.15, 0.2) is 42.5 Å². The molecule has 0 aromatic heterocycles. The van der Waals surface area contributed by atoms with Crippen LogP contribution < -0.4 is 15.5 Å². The minimum atomic E-state index is -0.992. The molecule has 0 spiro atoms. The second kappa shape index (κ2) is 13.9. The molecular weight excluding hydrogens is 489 g/mol. The zero-order chi connectivity index (χ0) is 27.8. The van der Waals surface area contributed by atoms with E-state index in [1.165, 1.54) is 22.6 Å². The predicted octanol–water partition coefficient (Wildman–Crippen LogP) is 6.18. The summed E-state index contributed by atoms with van der Waals surface area (Å²) < 4.78 is 13.7. The fourth-order valence-electron chi connectivity index (χ4n) is 4.03. The molecule has 2 amide bonds. The Balaban J connectivity index is 2.39. The van der Waals surface area contributed by atoms with Crippen LogP contribution in [0.5, 0.6) is 0 Å². The highest BCUT2D eigenvalue weighted by molar-refractivity contribution is 6.30. The number of halogens is 2. The van der Waals surface area contributed by atoms with Gasteiger partial charge in [-0.05, 0) is 72.9 Å². The number of benzene rings is 2. The first kappa shape index (κ1) is 30.8. The smallest absolute Gasteiger partial charge is 0.247 e. The first-order valence-corrected chi connectivity index (χ1v) is 13.6. The van der Waals surface area contributed by atoms with Crippen LogP contribution in [0.25, 0.3) is 0 Å². The van der Waals surface area contributed by atoms with Gasteiger partial charge in [0.25, 0.3) is 0 Å². The van der Waals surface area contributed by atoms with Crippen molar-refractivity contribution >= 4 is 29.1 Å². The predicted molar refractivity (Wildman–Crippen MR) is 152 cm³/mol. The molecule has 0 fully saturated rings. The molecule has 0 heterocycles. The van der Waals surface area contributed by atoms with Crippen LogP contribution in [0.3, 0.4) is 0 Å². The summed E-state index contributed by atoms with van der Waals surface area (Å²) in [6, 6.07) is 10.9. The number of rotatable bonds is 12. The van der Waals surface area contributed by atoms with Crippen LogP contribution >= 0.6 is 11.6 Å². The molecule has 0 aliphatic rings. The number of anilines is 1. The summed E-state index contributed by atoms with van der Waals surface area (Å²) in [7, 11) is 0. The molecule has 204 valence electrons. The van der Waals surface area contributed by atoms with Crippen molar-refractivity contribution < 1.29 is 14.0 Å². The third kappa shape index (κ3) is 9.42. The van der Waals surface area contributed by atoms with E-state index in [1.54, 1.807) is 12.1 Å². The highest BCUT2D eigenvalue weighted by Gasteiger charge is 2.33. The van der Waals surface area contributed by atoms with E-state index in [9.17, 15) is 14.0 Å². The number of carbonyl (C=O) groups is 2. The minimum Gasteiger partial charge on any atom is -0.353 e. The average Bonchev–Trinajstić information content (AvgIpc) is 2.83. The van der Waals surface area contributed by atoms with Gasteiger partial charge in [0.2, 0.25) is 11.8 Å². The maximum Gasteiger partial charge on any atom is 0.247 e. The summed E-state index contributed by atoms with van der Waals surface area (Å²) in [5.74, 6) is -0.981. The van der Waals surface area contributed by atoms with Crippen LogP contribution in [0.4, 0.5) is 10.1 Å². The molecule has 2 aromatic rings. The normalized spacial score (nSPS) is 13.4. The van der Waals surface area contributed by atoms with E-state index < -0.39 is 17.8 Å². The number of nitrogens with zero attached hydrogens (tertiary/aromatic N) is 1. The Morgan fingerprint density at radius 1 is 1.03 bits per heavy atom. The third-order valence-electron chi connectivity index (χ3n) is 6.65. The van der Waals surface area contributed by atoms with Crippen LogP contribution in [-0.4, -0.2) is 36.8 Å². The van der Waals surface area contributed by atoms with Crippen molar-refractivity contribution in [1.82, 2.24) is 10.6 Å². The van der Waals surface area contributed by atoms with Crippen molar-refractivity contribution in [3.63, 3.8) is 0 Å². The highest BCUT2D eigenvalue weighted by Crippen LogP contribution is 2.32. The van der Waals surface area contributed by atoms with Crippen molar-refractivity contribution in [2.45, 2.75) is 73.4 Å². The van der Waals surface area contributed by atoms with E-state index >= 15 is 0 Å². The Labute approximate surface area is 227 Å². The van der Waals surface area contributed by atoms with Crippen molar-refractivity contribution in [2.24, 2.45) is 11.3 Å². The number of hydrogen-bond donors (Lipinski definition) is 2. The van der Waals surface area contributed by atoms with Gasteiger partial charge in [0.05, 0.1) is 0 Å². The number of amides is 2. The lowest BCUT2D eigenvalue weighted by molar-refractivity contribution is -0.125. The molecule has 37 heavy (non-hydrogen) atoms. The molecule has 0 aliphatic heterocycles. The van der Waals surface area contributed by atoms with Gasteiger partial charge in [0.15, 0.2) is 0 Å². The van der Waals surface area contributed by atoms with Crippen molar-refractivity contribution in [2.75, 3.05) is 23.9 Å². The summed E-state index contributed by atoms with van der Waals surface area (Å²) in [6.45, 7) is 15.9. The first-order chi connectivity index (χ1) is 17.3. The first-order valence-electron chi connectivity index (χ1n) is 13.1. The zero-order valence-electron chi connectivity index (χ0n) is 23.3. The Bertz CT molecular complexity index is 1030. The van der Waals surface area contributed by atoms with E-state index in [2.05, 4.69) is 58.2 Å². The number of nitrogens with one attached hydrogen (secondary N) is 2. The van der Waals surface area contributed by atoms with Gasteiger partial charge in [-0.3, -0.25) is 14.5 Å². The van der Waals surface area contributed by atoms with Gasteiger partial charge in [-0.2, -0.15) is 0 Å². The Hall–Kier alpha value is -2.44. The summed E-state index contributed by atoms with van der Waals surface area (Å²) in [5, 5.41) is 6.35. The van der Waals surface area contributed by atoms with Crippen LogP contribution in [0, 0.1) is 24.1 Å². The molecule has 0 aliphatic carbocycles. The summed E-state index contributed by atoms with van der Waals surface area (Å²) in [4.78, 5) is 28.2. The Morgan fingerprint density at radius 3 is 2.22 bits per heavy atom. The lowest BCUT2D eigenvalue weighted by atomic mass is 9.88. The second-order valence-corrected chi connectivity index (χ2v) is 11.6. The maximum absolute atomic E-state index is 13.7. The fraction of sp³-hybridized carbons (Fsp3) is 0.533. The molecule has 2 N–H and O–H groups in total. The van der Waals surface area contributed by atoms with Gasteiger partial charge in [0.1, 0.15) is 17.7 Å². The van der Waals surface area contributed by atoms with Gasteiger partial charge in [0, 0.05) is 24.8 Å². The lowest BCUT2D eigenvalue weighted by Crippen LogP contribution is -2.46. The molecule has 2 aromatic carbocycles. The van der Waals surface area contributed by atoms with Gasteiger partial charge in [-0.25, -0.2) is 4.39 Å². The molecule has 0 saturated heterocycles. The number of hydrogen-bond acceptors (Lipinski definition) is 3. The Kier molecular flexibility index (Phi) is 11.6. The van der Waals surface area contributed by atoms with Crippen molar-refractivity contribution in [3.05, 3.63) is 65.0 Å². The van der Waals surface area contributed by atoms with Crippen molar-refractivity contribution in [3.8, 4) is 0 Å². The maximum atomic E-state index is 13.7. The number of aryl methyl sites for hydroxylation is 2. The van der Waals surface area contributed by atoms with E-state index in [4.69, 9.17) is 11.6 Å². The van der Waals surface area contributed by atoms with Crippen LogP contribution in [0.2, 0.25) is 0 Å². The number of alkyl halides is 1. The fourth-order valence-corrected chi connectivity index (χ4v) is 4.15.